The number of allylic oxidation sites excluding steroid dienone is 2. The van der Waals surface area contributed by atoms with Crippen molar-refractivity contribution in [2.75, 3.05) is 39.0 Å². The van der Waals surface area contributed by atoms with Gasteiger partial charge in [0.25, 0.3) is 0 Å². The molecule has 0 amide bonds. The van der Waals surface area contributed by atoms with Crippen molar-refractivity contribution in [3.05, 3.63) is 12.2 Å². The first-order chi connectivity index (χ1) is 4.63. The Morgan fingerprint density at radius 2 is 1.10 bits per heavy atom. The van der Waals surface area contributed by atoms with Crippen LogP contribution in [0.4, 0.5) is 0 Å². The van der Waals surface area contributed by atoms with Gasteiger partial charge in [0.15, 0.2) is 0 Å². The highest BCUT2D eigenvalue weighted by molar-refractivity contribution is 7.56. The lowest BCUT2D eigenvalue weighted by Gasteiger charge is -2.00. The zero-order chi connectivity index (χ0) is 7.98. The van der Waals surface area contributed by atoms with Crippen LogP contribution in [0.3, 0.4) is 0 Å². The van der Waals surface area contributed by atoms with Crippen LogP contribution in [-0.4, -0.2) is 39.0 Å². The van der Waals surface area contributed by atoms with Gasteiger partial charge in [-0.2, -0.15) is 0 Å². The minimum absolute atomic E-state index is 0.289. The van der Waals surface area contributed by atoms with Crippen LogP contribution in [0.15, 0.2) is 12.2 Å². The molecule has 0 radical (unpaired) electrons. The molecule has 0 N–H and O–H groups in total. The molecule has 0 nitrogen and oxygen atoms in total. The zero-order valence-electron chi connectivity index (χ0n) is 7.46. The molecule has 0 aliphatic heterocycles. The Hall–Kier alpha value is 0.600. The lowest BCUT2D eigenvalue weighted by atomic mass is 10.6. The number of rotatable bonds is 4. The summed E-state index contributed by atoms with van der Waals surface area (Å²) in [6, 6.07) is 0. The molecular weight excluding hydrogens is 158 g/mol. The third-order valence-corrected chi connectivity index (χ3v) is 2.99. The molecule has 0 heterocycles. The van der Waals surface area contributed by atoms with E-state index in [0.29, 0.717) is 0 Å². The molecule has 2 heteroatoms. The second-order valence-corrected chi connectivity index (χ2v) is 8.04. The fourth-order valence-corrected chi connectivity index (χ4v) is 1.71. The van der Waals surface area contributed by atoms with E-state index in [1.165, 1.54) is 12.3 Å². The maximum Gasteiger partial charge on any atom is -0.0150 e. The fourth-order valence-electron chi connectivity index (χ4n) is 0.571. The van der Waals surface area contributed by atoms with E-state index >= 15 is 0 Å². The first-order valence-electron chi connectivity index (χ1n) is 3.57. The van der Waals surface area contributed by atoms with E-state index in [4.69, 9.17) is 0 Å². The summed E-state index contributed by atoms with van der Waals surface area (Å²) in [5, 5.41) is 0. The quantitative estimate of drug-likeness (QED) is 0.456. The predicted octanol–water partition coefficient (Wildman–Crippen LogP) is 3.03. The first kappa shape index (κ1) is 10.6. The fraction of sp³-hybridized carbons (Fsp3) is 0.750. The molecule has 0 saturated heterocycles. The van der Waals surface area contributed by atoms with Crippen LogP contribution in [0.2, 0.25) is 0 Å². The van der Waals surface area contributed by atoms with Gasteiger partial charge in [0.1, 0.15) is 0 Å². The standard InChI is InChI=1S/C8H18P2/c1-9(2)7-5-6-8-10(3)4/h5-6H,7-8H2,1-4H3. The predicted molar refractivity (Wildman–Crippen MR) is 56.4 cm³/mol. The summed E-state index contributed by atoms with van der Waals surface area (Å²) >= 11 is 0. The summed E-state index contributed by atoms with van der Waals surface area (Å²) < 4.78 is 0. The molecule has 0 bridgehead atoms. The molecule has 0 saturated carbocycles. The monoisotopic (exact) mass is 176 g/mol. The van der Waals surface area contributed by atoms with Crippen LogP contribution in [0, 0.1) is 0 Å². The summed E-state index contributed by atoms with van der Waals surface area (Å²) in [4.78, 5) is 0. The minimum Gasteiger partial charge on any atom is -0.109 e. The average molecular weight is 176 g/mol. The maximum absolute atomic E-state index is 2.34. The van der Waals surface area contributed by atoms with Crippen molar-refractivity contribution in [2.24, 2.45) is 0 Å². The van der Waals surface area contributed by atoms with E-state index in [9.17, 15) is 0 Å². The summed E-state index contributed by atoms with van der Waals surface area (Å²) in [5.41, 5.74) is 0. The first-order valence-corrected chi connectivity index (χ1v) is 8.41. The van der Waals surface area contributed by atoms with E-state index in [1.54, 1.807) is 0 Å². The van der Waals surface area contributed by atoms with Crippen molar-refractivity contribution in [1.29, 1.82) is 0 Å². The van der Waals surface area contributed by atoms with Crippen LogP contribution in [0.5, 0.6) is 0 Å². The van der Waals surface area contributed by atoms with Gasteiger partial charge in [-0.05, 0) is 39.0 Å². The molecule has 0 spiro atoms. The zero-order valence-corrected chi connectivity index (χ0v) is 9.25. The van der Waals surface area contributed by atoms with Crippen LogP contribution in [0.25, 0.3) is 0 Å². The van der Waals surface area contributed by atoms with Crippen LogP contribution < -0.4 is 0 Å². The van der Waals surface area contributed by atoms with Gasteiger partial charge >= 0.3 is 0 Å². The van der Waals surface area contributed by atoms with Gasteiger partial charge in [-0.1, -0.05) is 12.2 Å². The molecule has 0 aromatic carbocycles. The number of hydrogen-bond donors (Lipinski definition) is 0. The highest BCUT2D eigenvalue weighted by atomic mass is 31.1. The van der Waals surface area contributed by atoms with Gasteiger partial charge in [0, 0.05) is 0 Å². The normalized spacial score (nSPS) is 12.2. The Balaban J connectivity index is 3.20. The van der Waals surface area contributed by atoms with Gasteiger partial charge in [0.2, 0.25) is 0 Å². The van der Waals surface area contributed by atoms with Crippen molar-refractivity contribution >= 4 is 15.8 Å². The molecule has 0 fully saturated rings. The second kappa shape index (κ2) is 6.32. The SMILES string of the molecule is CP(C)CC=CCP(C)C. The van der Waals surface area contributed by atoms with E-state index in [2.05, 4.69) is 38.8 Å². The summed E-state index contributed by atoms with van der Waals surface area (Å²) in [6.07, 6.45) is 7.29. The van der Waals surface area contributed by atoms with E-state index in [-0.39, 0.29) is 15.8 Å². The van der Waals surface area contributed by atoms with Gasteiger partial charge < -0.3 is 0 Å². The van der Waals surface area contributed by atoms with E-state index < -0.39 is 0 Å². The van der Waals surface area contributed by atoms with Crippen LogP contribution in [-0.2, 0) is 0 Å². The molecule has 0 rings (SSSR count). The topological polar surface area (TPSA) is 0 Å². The molecule has 0 aromatic rings. The van der Waals surface area contributed by atoms with Crippen molar-refractivity contribution < 1.29 is 0 Å². The van der Waals surface area contributed by atoms with Crippen molar-refractivity contribution in [3.8, 4) is 0 Å². The molecule has 10 heavy (non-hydrogen) atoms. The lowest BCUT2D eigenvalue weighted by Crippen LogP contribution is -1.77. The van der Waals surface area contributed by atoms with E-state index in [1.807, 2.05) is 0 Å². The van der Waals surface area contributed by atoms with Gasteiger partial charge in [0.05, 0.1) is 0 Å². The maximum atomic E-state index is 2.34. The van der Waals surface area contributed by atoms with Gasteiger partial charge in [-0.3, -0.25) is 0 Å². The van der Waals surface area contributed by atoms with Crippen molar-refractivity contribution in [2.45, 2.75) is 0 Å². The molecule has 0 atom stereocenters. The Bertz CT molecular complexity index is 83.4. The highest BCUT2D eigenvalue weighted by Crippen LogP contribution is 2.26. The average Bonchev–Trinajstić information content (AvgIpc) is 1.79. The van der Waals surface area contributed by atoms with Gasteiger partial charge in [-0.25, -0.2) is 0 Å². The largest absolute Gasteiger partial charge is 0.109 e. The third kappa shape index (κ3) is 8.60. The Morgan fingerprint density at radius 1 is 0.800 bits per heavy atom. The summed E-state index contributed by atoms with van der Waals surface area (Å²) in [6.45, 7) is 9.28. The molecule has 60 valence electrons. The number of hydrogen-bond acceptors (Lipinski definition) is 0. The lowest BCUT2D eigenvalue weighted by molar-refractivity contribution is 1.62. The molecule has 0 aromatic heterocycles. The van der Waals surface area contributed by atoms with Crippen molar-refractivity contribution in [3.63, 3.8) is 0 Å². The summed E-state index contributed by atoms with van der Waals surface area (Å²) in [5.74, 6) is 0. The Labute approximate surface area is 67.6 Å². The van der Waals surface area contributed by atoms with Crippen molar-refractivity contribution in [1.82, 2.24) is 0 Å². The second-order valence-electron chi connectivity index (χ2n) is 3.00. The summed E-state index contributed by atoms with van der Waals surface area (Å²) in [7, 11) is 0.578. The molecule has 0 unspecified atom stereocenters. The molecule has 0 aliphatic rings. The third-order valence-electron chi connectivity index (χ3n) is 1.11. The molecular formula is C8H18P2. The van der Waals surface area contributed by atoms with Crippen LogP contribution in [0.1, 0.15) is 0 Å². The Kier molecular flexibility index (Phi) is 6.70. The highest BCUT2D eigenvalue weighted by Gasteiger charge is 1.87. The van der Waals surface area contributed by atoms with Crippen LogP contribution >= 0.6 is 15.8 Å². The van der Waals surface area contributed by atoms with Gasteiger partial charge in [-0.15, -0.1) is 15.8 Å². The Morgan fingerprint density at radius 3 is 1.30 bits per heavy atom. The minimum atomic E-state index is 0.289. The van der Waals surface area contributed by atoms with E-state index in [0.717, 1.165) is 0 Å². The smallest absolute Gasteiger partial charge is 0.0150 e. The molecule has 0 aliphatic carbocycles.